The van der Waals surface area contributed by atoms with Gasteiger partial charge in [0.1, 0.15) is 5.03 Å². The average Bonchev–Trinajstić information content (AvgIpc) is 3.17. The Labute approximate surface area is 182 Å². The molecule has 10 heteroatoms. The van der Waals surface area contributed by atoms with Gasteiger partial charge in [-0.3, -0.25) is 9.36 Å². The fourth-order valence-electron chi connectivity index (χ4n) is 3.64. The van der Waals surface area contributed by atoms with Crippen LogP contribution in [0.5, 0.6) is 0 Å². The van der Waals surface area contributed by atoms with E-state index in [1.165, 1.54) is 18.2 Å². The van der Waals surface area contributed by atoms with Crippen LogP contribution in [0.15, 0.2) is 34.1 Å². The van der Waals surface area contributed by atoms with E-state index in [0.29, 0.717) is 11.6 Å². The molecule has 0 fully saturated rings. The summed E-state index contributed by atoms with van der Waals surface area (Å²) in [5, 5.41) is 2.82. The maximum Gasteiger partial charge on any atom is 0.418 e. The Kier molecular flexibility index (Phi) is 7.42. The Morgan fingerprint density at radius 2 is 2.00 bits per heavy atom. The lowest BCUT2D eigenvalue weighted by atomic mass is 10.1. The molecule has 0 atom stereocenters. The molecule has 1 amide bonds. The predicted octanol–water partition coefficient (Wildman–Crippen LogP) is 3.43. The minimum atomic E-state index is -4.56. The van der Waals surface area contributed by atoms with Gasteiger partial charge in [0.2, 0.25) is 5.91 Å². The summed E-state index contributed by atoms with van der Waals surface area (Å²) >= 11 is 1.09. The number of nitrogens with zero attached hydrogens (tertiary/aromatic N) is 3. The van der Waals surface area contributed by atoms with E-state index >= 15 is 0 Å². The van der Waals surface area contributed by atoms with Crippen LogP contribution >= 0.6 is 11.8 Å². The zero-order chi connectivity index (χ0) is 22.6. The average molecular weight is 455 g/mol. The highest BCUT2D eigenvalue weighted by Gasteiger charge is 2.33. The van der Waals surface area contributed by atoms with Gasteiger partial charge in [-0.15, -0.1) is 0 Å². The number of amides is 1. The minimum Gasteiger partial charge on any atom is -0.325 e. The molecule has 1 N–H and O–H groups in total. The summed E-state index contributed by atoms with van der Waals surface area (Å²) in [4.78, 5) is 31.1. The van der Waals surface area contributed by atoms with Crippen molar-refractivity contribution in [2.24, 2.45) is 0 Å². The van der Waals surface area contributed by atoms with Gasteiger partial charge in [-0.2, -0.15) is 18.2 Å². The normalized spacial score (nSPS) is 13.5. The van der Waals surface area contributed by atoms with Crippen LogP contribution in [0.25, 0.3) is 0 Å². The topological polar surface area (TPSA) is 67.2 Å². The van der Waals surface area contributed by atoms with Gasteiger partial charge in [-0.05, 0) is 58.5 Å². The van der Waals surface area contributed by atoms with Crippen LogP contribution in [0.2, 0.25) is 0 Å². The van der Waals surface area contributed by atoms with Gasteiger partial charge in [-0.25, -0.2) is 4.79 Å². The molecular weight excluding hydrogens is 429 g/mol. The molecule has 1 aromatic heterocycles. The van der Waals surface area contributed by atoms with Crippen LogP contribution < -0.4 is 11.0 Å². The van der Waals surface area contributed by atoms with Gasteiger partial charge >= 0.3 is 11.9 Å². The molecule has 1 aliphatic rings. The molecule has 1 aromatic carbocycles. The number of nitrogens with one attached hydrogen (secondary N) is 1. The van der Waals surface area contributed by atoms with Crippen molar-refractivity contribution < 1.29 is 18.0 Å². The molecule has 0 aliphatic heterocycles. The third-order valence-corrected chi connectivity index (χ3v) is 6.05. The Morgan fingerprint density at radius 1 is 1.26 bits per heavy atom. The van der Waals surface area contributed by atoms with Gasteiger partial charge in [0.25, 0.3) is 0 Å². The Bertz CT molecular complexity index is 1010. The molecule has 1 heterocycles. The summed E-state index contributed by atoms with van der Waals surface area (Å²) < 4.78 is 41.0. The van der Waals surface area contributed by atoms with Gasteiger partial charge in [0.05, 0.1) is 17.0 Å². The zero-order valence-corrected chi connectivity index (χ0v) is 18.3. The van der Waals surface area contributed by atoms with Gasteiger partial charge < -0.3 is 10.2 Å². The van der Waals surface area contributed by atoms with E-state index < -0.39 is 17.6 Å². The number of hydrogen-bond acceptors (Lipinski definition) is 5. The summed E-state index contributed by atoms with van der Waals surface area (Å²) in [7, 11) is 3.95. The molecule has 0 saturated heterocycles. The van der Waals surface area contributed by atoms with Crippen molar-refractivity contribution in [2.75, 3.05) is 31.7 Å². The number of fused-ring (bicyclic) bond motifs is 1. The van der Waals surface area contributed by atoms with Crippen LogP contribution in [0.1, 0.15) is 29.7 Å². The van der Waals surface area contributed by atoms with Crippen molar-refractivity contribution in [1.29, 1.82) is 0 Å². The molecular formula is C21H25F3N4O2S. The number of rotatable bonds is 8. The van der Waals surface area contributed by atoms with Crippen LogP contribution in [-0.4, -0.2) is 46.8 Å². The van der Waals surface area contributed by atoms with Crippen molar-refractivity contribution >= 4 is 23.4 Å². The van der Waals surface area contributed by atoms with E-state index in [1.54, 1.807) is 4.57 Å². The van der Waals surface area contributed by atoms with Crippen molar-refractivity contribution in [3.8, 4) is 0 Å². The largest absolute Gasteiger partial charge is 0.418 e. The van der Waals surface area contributed by atoms with Gasteiger partial charge in [0, 0.05) is 17.8 Å². The van der Waals surface area contributed by atoms with Crippen LogP contribution in [0, 0.1) is 0 Å². The zero-order valence-electron chi connectivity index (χ0n) is 17.5. The van der Waals surface area contributed by atoms with Crippen LogP contribution in [0.3, 0.4) is 0 Å². The summed E-state index contributed by atoms with van der Waals surface area (Å²) in [5.41, 5.74) is 0.412. The maximum absolute atomic E-state index is 13.1. The lowest BCUT2D eigenvalue weighted by Crippen LogP contribution is -2.29. The number of carbonyl (C=O) groups excluding carboxylic acids is 1. The smallest absolute Gasteiger partial charge is 0.325 e. The number of halogens is 3. The molecule has 0 unspecified atom stereocenters. The third kappa shape index (κ3) is 5.88. The van der Waals surface area contributed by atoms with Crippen molar-refractivity contribution in [3.05, 3.63) is 51.6 Å². The second-order valence-electron chi connectivity index (χ2n) is 7.67. The van der Waals surface area contributed by atoms with Crippen LogP contribution in [-0.2, 0) is 30.4 Å². The molecule has 3 rings (SSSR count). The van der Waals surface area contributed by atoms with Crippen molar-refractivity contribution in [2.45, 2.75) is 43.4 Å². The van der Waals surface area contributed by atoms with Crippen LogP contribution in [0.4, 0.5) is 18.9 Å². The molecule has 6 nitrogen and oxygen atoms in total. The fourth-order valence-corrected chi connectivity index (χ4v) is 4.52. The maximum atomic E-state index is 13.1. The van der Waals surface area contributed by atoms with E-state index in [4.69, 9.17) is 0 Å². The van der Waals surface area contributed by atoms with E-state index in [9.17, 15) is 22.8 Å². The van der Waals surface area contributed by atoms with Gasteiger partial charge in [-0.1, -0.05) is 23.9 Å². The highest BCUT2D eigenvalue weighted by atomic mass is 32.2. The van der Waals surface area contributed by atoms with Crippen molar-refractivity contribution in [1.82, 2.24) is 14.5 Å². The molecule has 0 radical (unpaired) electrons. The Morgan fingerprint density at radius 3 is 2.71 bits per heavy atom. The van der Waals surface area contributed by atoms with E-state index in [0.717, 1.165) is 61.3 Å². The Hall–Kier alpha value is -2.33. The third-order valence-electron chi connectivity index (χ3n) is 5.03. The molecule has 0 bridgehead atoms. The molecule has 2 aromatic rings. The number of anilines is 1. The number of alkyl halides is 3. The van der Waals surface area contributed by atoms with E-state index in [2.05, 4.69) is 15.2 Å². The lowest BCUT2D eigenvalue weighted by molar-refractivity contribution is -0.137. The number of hydrogen-bond donors (Lipinski definition) is 1. The number of para-hydroxylation sites is 1. The highest BCUT2D eigenvalue weighted by Crippen LogP contribution is 2.35. The Balaban J connectivity index is 1.70. The second-order valence-corrected chi connectivity index (χ2v) is 8.63. The summed E-state index contributed by atoms with van der Waals surface area (Å²) in [6.45, 7) is 1.45. The highest BCUT2D eigenvalue weighted by molar-refractivity contribution is 8.00. The van der Waals surface area contributed by atoms with E-state index in [1.807, 2.05) is 14.1 Å². The number of aromatic nitrogens is 2. The number of thioether (sulfide) groups is 1. The SMILES string of the molecule is CN(C)CCCn1c2c(c(SCC(=O)Nc3ccccc3C(F)(F)F)nc1=O)CCC2. The summed E-state index contributed by atoms with van der Waals surface area (Å²) in [6.07, 6.45) is -1.26. The number of carbonyl (C=O) groups is 1. The monoisotopic (exact) mass is 454 g/mol. The fraction of sp³-hybridized carbons (Fsp3) is 0.476. The van der Waals surface area contributed by atoms with Gasteiger partial charge in [0.15, 0.2) is 0 Å². The standard InChI is InChI=1S/C21H25F3N4O2S/c1-27(2)11-6-12-28-17-10-5-7-14(17)19(26-20(28)30)31-13-18(29)25-16-9-4-3-8-15(16)21(22,23)24/h3-4,8-9H,5-7,10-13H2,1-2H3,(H,25,29). The van der Waals surface area contributed by atoms with Crippen molar-refractivity contribution in [3.63, 3.8) is 0 Å². The molecule has 31 heavy (non-hydrogen) atoms. The second kappa shape index (κ2) is 9.86. The lowest BCUT2D eigenvalue weighted by Gasteiger charge is -2.16. The molecule has 0 saturated carbocycles. The molecule has 1 aliphatic carbocycles. The summed E-state index contributed by atoms with van der Waals surface area (Å²) in [5.74, 6) is -0.708. The molecule has 0 spiro atoms. The minimum absolute atomic E-state index is 0.129. The number of benzene rings is 1. The first kappa shape index (κ1) is 23.3. The first-order valence-electron chi connectivity index (χ1n) is 10.0. The predicted molar refractivity (Wildman–Crippen MR) is 114 cm³/mol. The molecule has 168 valence electrons. The quantitative estimate of drug-likeness (QED) is 0.489. The summed E-state index contributed by atoms with van der Waals surface area (Å²) in [6, 6.07) is 4.85. The first-order chi connectivity index (χ1) is 14.7. The van der Waals surface area contributed by atoms with E-state index in [-0.39, 0.29) is 17.1 Å². The first-order valence-corrected chi connectivity index (χ1v) is 11.0.